The number of amides is 1. The van der Waals surface area contributed by atoms with Gasteiger partial charge >= 0.3 is 5.69 Å². The summed E-state index contributed by atoms with van der Waals surface area (Å²) in [4.78, 5) is 41.5. The summed E-state index contributed by atoms with van der Waals surface area (Å²) in [5.74, 6) is -0.125. The Labute approximate surface area is 193 Å². The van der Waals surface area contributed by atoms with Crippen LogP contribution in [0.4, 0.5) is 10.1 Å². The molecule has 2 aromatic carbocycles. The molecule has 10 heteroatoms. The lowest BCUT2D eigenvalue weighted by molar-refractivity contribution is -0.119. The number of aryl methyl sites for hydroxylation is 2. The van der Waals surface area contributed by atoms with Crippen LogP contribution < -0.4 is 20.9 Å². The molecule has 1 aliphatic rings. The first kappa shape index (κ1) is 21.6. The van der Waals surface area contributed by atoms with Crippen LogP contribution in [0.3, 0.4) is 0 Å². The monoisotopic (exact) mass is 463 g/mol. The van der Waals surface area contributed by atoms with Crippen molar-refractivity contribution in [3.63, 3.8) is 0 Å². The third-order valence-electron chi connectivity index (χ3n) is 5.84. The molecule has 0 bridgehead atoms. The lowest BCUT2D eigenvalue weighted by Crippen LogP contribution is -2.45. The number of halogens is 1. The number of anilines is 1. The number of nitrogens with zero attached hydrogens (tertiary/aromatic N) is 5. The Balaban J connectivity index is 1.58. The Morgan fingerprint density at radius 3 is 2.65 bits per heavy atom. The number of carbonyl (C=O) groups is 1. The topological polar surface area (TPSA) is 91.4 Å². The predicted molar refractivity (Wildman–Crippen MR) is 124 cm³/mol. The van der Waals surface area contributed by atoms with Gasteiger partial charge in [0.2, 0.25) is 5.91 Å². The molecule has 5 rings (SSSR count). The van der Waals surface area contributed by atoms with E-state index in [2.05, 4.69) is 5.10 Å². The first-order chi connectivity index (χ1) is 16.3. The Kier molecular flexibility index (Phi) is 5.27. The molecule has 0 unspecified atom stereocenters. The summed E-state index contributed by atoms with van der Waals surface area (Å²) in [5.41, 5.74) is 1.34. The van der Waals surface area contributed by atoms with E-state index in [1.807, 2.05) is 25.1 Å². The van der Waals surface area contributed by atoms with Crippen molar-refractivity contribution in [2.45, 2.75) is 20.0 Å². The molecule has 3 heterocycles. The number of ether oxygens (including phenoxy) is 1. The number of hydrogen-bond donors (Lipinski definition) is 0. The SMILES string of the molecule is Cc1ccc2c(c1)N(C(=O)Cn1c(=O)n(Cc3ccc(F)cc3)c(=O)c3nn(C)cc31)CCO2. The Bertz CT molecular complexity index is 1530. The summed E-state index contributed by atoms with van der Waals surface area (Å²) in [5, 5.41) is 4.22. The molecule has 0 aliphatic carbocycles. The van der Waals surface area contributed by atoms with Crippen molar-refractivity contribution < 1.29 is 13.9 Å². The minimum absolute atomic E-state index is 0.0712. The van der Waals surface area contributed by atoms with Gasteiger partial charge in [0.15, 0.2) is 5.52 Å². The van der Waals surface area contributed by atoms with Gasteiger partial charge in [0, 0.05) is 13.2 Å². The normalized spacial score (nSPS) is 13.1. The molecule has 0 saturated heterocycles. The number of aromatic nitrogens is 4. The summed E-state index contributed by atoms with van der Waals surface area (Å²) >= 11 is 0. The van der Waals surface area contributed by atoms with Crippen LogP contribution >= 0.6 is 0 Å². The fourth-order valence-electron chi connectivity index (χ4n) is 4.16. The fourth-order valence-corrected chi connectivity index (χ4v) is 4.16. The highest BCUT2D eigenvalue weighted by atomic mass is 19.1. The average molecular weight is 463 g/mol. The Morgan fingerprint density at radius 2 is 1.88 bits per heavy atom. The zero-order valence-corrected chi connectivity index (χ0v) is 18.7. The number of fused-ring (bicyclic) bond motifs is 2. The van der Waals surface area contributed by atoms with Crippen LogP contribution in [0.1, 0.15) is 11.1 Å². The molecule has 0 fully saturated rings. The number of rotatable bonds is 4. The molecule has 0 saturated carbocycles. The molecule has 174 valence electrons. The summed E-state index contributed by atoms with van der Waals surface area (Å²) in [6.07, 6.45) is 1.55. The van der Waals surface area contributed by atoms with Crippen molar-refractivity contribution in [1.82, 2.24) is 18.9 Å². The van der Waals surface area contributed by atoms with Gasteiger partial charge in [0.25, 0.3) is 5.56 Å². The van der Waals surface area contributed by atoms with Crippen molar-refractivity contribution in [3.05, 3.63) is 86.4 Å². The zero-order chi connectivity index (χ0) is 24.0. The second-order valence-electron chi connectivity index (χ2n) is 8.29. The van der Waals surface area contributed by atoms with E-state index >= 15 is 0 Å². The smallest absolute Gasteiger partial charge is 0.332 e. The van der Waals surface area contributed by atoms with Gasteiger partial charge in [0.1, 0.15) is 24.7 Å². The van der Waals surface area contributed by atoms with Gasteiger partial charge in [-0.15, -0.1) is 0 Å². The lowest BCUT2D eigenvalue weighted by atomic mass is 10.1. The van der Waals surface area contributed by atoms with Crippen LogP contribution in [-0.2, 0) is 24.9 Å². The highest BCUT2D eigenvalue weighted by Crippen LogP contribution is 2.32. The maximum Gasteiger partial charge on any atom is 0.332 e. The van der Waals surface area contributed by atoms with Crippen LogP contribution in [0.15, 0.2) is 58.3 Å². The van der Waals surface area contributed by atoms with E-state index in [4.69, 9.17) is 4.74 Å². The van der Waals surface area contributed by atoms with E-state index in [9.17, 15) is 18.8 Å². The largest absolute Gasteiger partial charge is 0.490 e. The van der Waals surface area contributed by atoms with Crippen LogP contribution in [0, 0.1) is 12.7 Å². The second kappa shape index (κ2) is 8.29. The first-order valence-corrected chi connectivity index (χ1v) is 10.8. The zero-order valence-electron chi connectivity index (χ0n) is 18.7. The van der Waals surface area contributed by atoms with E-state index < -0.39 is 17.1 Å². The van der Waals surface area contributed by atoms with E-state index in [0.29, 0.717) is 30.2 Å². The molecule has 0 radical (unpaired) electrons. The molecule has 4 aromatic rings. The van der Waals surface area contributed by atoms with Crippen molar-refractivity contribution >= 4 is 22.6 Å². The molecular formula is C24H22FN5O4. The van der Waals surface area contributed by atoms with Crippen LogP contribution in [0.5, 0.6) is 5.75 Å². The fraction of sp³-hybridized carbons (Fsp3) is 0.250. The predicted octanol–water partition coefficient (Wildman–Crippen LogP) is 1.82. The van der Waals surface area contributed by atoms with Gasteiger partial charge in [-0.25, -0.2) is 9.18 Å². The van der Waals surface area contributed by atoms with E-state index in [-0.39, 0.29) is 30.0 Å². The third kappa shape index (κ3) is 3.76. The van der Waals surface area contributed by atoms with Crippen molar-refractivity contribution in [2.75, 3.05) is 18.1 Å². The molecule has 1 aliphatic heterocycles. The quantitative estimate of drug-likeness (QED) is 0.461. The lowest BCUT2D eigenvalue weighted by Gasteiger charge is -2.30. The maximum absolute atomic E-state index is 13.4. The average Bonchev–Trinajstić information content (AvgIpc) is 3.21. The maximum atomic E-state index is 13.4. The first-order valence-electron chi connectivity index (χ1n) is 10.8. The standard InChI is InChI=1S/C24H22FN5O4/c1-15-3-8-20-18(11-15)28(9-10-34-20)21(31)14-29-19-13-27(2)26-22(19)23(32)30(24(29)33)12-16-4-6-17(25)7-5-16/h3-8,11,13H,9-10,12,14H2,1-2H3. The molecular weight excluding hydrogens is 441 g/mol. The van der Waals surface area contributed by atoms with Crippen LogP contribution in [-0.4, -0.2) is 38.0 Å². The van der Waals surface area contributed by atoms with Gasteiger partial charge in [0.05, 0.1) is 24.3 Å². The molecule has 1 amide bonds. The van der Waals surface area contributed by atoms with Crippen molar-refractivity contribution in [1.29, 1.82) is 0 Å². The molecule has 0 atom stereocenters. The molecule has 34 heavy (non-hydrogen) atoms. The van der Waals surface area contributed by atoms with Gasteiger partial charge in [-0.1, -0.05) is 18.2 Å². The van der Waals surface area contributed by atoms with Crippen molar-refractivity contribution in [3.8, 4) is 5.75 Å². The van der Waals surface area contributed by atoms with Crippen LogP contribution in [0.25, 0.3) is 11.0 Å². The highest BCUT2D eigenvalue weighted by Gasteiger charge is 2.26. The van der Waals surface area contributed by atoms with E-state index in [1.165, 1.54) is 33.5 Å². The minimum Gasteiger partial charge on any atom is -0.490 e. The van der Waals surface area contributed by atoms with Gasteiger partial charge in [-0.2, -0.15) is 5.10 Å². The third-order valence-corrected chi connectivity index (χ3v) is 5.84. The summed E-state index contributed by atoms with van der Waals surface area (Å²) < 4.78 is 22.7. The molecule has 0 N–H and O–H groups in total. The van der Waals surface area contributed by atoms with Crippen LogP contribution in [0.2, 0.25) is 0 Å². The highest BCUT2D eigenvalue weighted by molar-refractivity contribution is 5.96. The van der Waals surface area contributed by atoms with E-state index in [1.54, 1.807) is 18.1 Å². The Hall–Kier alpha value is -4.21. The van der Waals surface area contributed by atoms with E-state index in [0.717, 1.165) is 10.1 Å². The van der Waals surface area contributed by atoms with Gasteiger partial charge in [-0.05, 0) is 42.3 Å². The number of hydrogen-bond acceptors (Lipinski definition) is 5. The molecule has 9 nitrogen and oxygen atoms in total. The van der Waals surface area contributed by atoms with Gasteiger partial charge in [-0.3, -0.25) is 23.4 Å². The van der Waals surface area contributed by atoms with Gasteiger partial charge < -0.3 is 9.64 Å². The van der Waals surface area contributed by atoms with Crippen molar-refractivity contribution in [2.24, 2.45) is 7.05 Å². The summed E-state index contributed by atoms with van der Waals surface area (Å²) in [6, 6.07) is 11.1. The summed E-state index contributed by atoms with van der Waals surface area (Å²) in [7, 11) is 1.64. The minimum atomic E-state index is -0.638. The molecule has 2 aromatic heterocycles. The molecule has 0 spiro atoms. The number of benzene rings is 2. The summed E-state index contributed by atoms with van der Waals surface area (Å²) in [6.45, 7) is 2.25. The second-order valence-corrected chi connectivity index (χ2v) is 8.29. The number of carbonyl (C=O) groups excluding carboxylic acids is 1. The Morgan fingerprint density at radius 1 is 1.12 bits per heavy atom.